The zero-order chi connectivity index (χ0) is 8.81. The normalized spacial score (nSPS) is 24.0. The molecule has 0 aromatic rings. The van der Waals surface area contributed by atoms with Gasteiger partial charge in [-0.2, -0.15) is 0 Å². The first-order valence-electron chi connectivity index (χ1n) is 5.60. The smallest absolute Gasteiger partial charge is 0.0195 e. The molecule has 12 heavy (non-hydrogen) atoms. The summed E-state index contributed by atoms with van der Waals surface area (Å²) in [5.41, 5.74) is 0. The number of unbranched alkanes of at least 4 members (excludes halogenated alkanes) is 2. The van der Waals surface area contributed by atoms with Gasteiger partial charge in [0, 0.05) is 12.6 Å². The minimum atomic E-state index is 0.886. The minimum absolute atomic E-state index is 0.886. The molecule has 1 nitrogen and oxygen atoms in total. The lowest BCUT2D eigenvalue weighted by molar-refractivity contribution is 0.414. The summed E-state index contributed by atoms with van der Waals surface area (Å²) in [6.07, 6.45) is 8.50. The molecule has 0 amide bonds. The molecule has 1 heterocycles. The van der Waals surface area contributed by atoms with E-state index < -0.39 is 0 Å². The van der Waals surface area contributed by atoms with Gasteiger partial charge < -0.3 is 5.32 Å². The molecular formula is C11H23N. The maximum atomic E-state index is 3.39. The van der Waals surface area contributed by atoms with Gasteiger partial charge in [0.1, 0.15) is 0 Å². The molecule has 1 aliphatic rings. The van der Waals surface area contributed by atoms with Crippen LogP contribution in [0.25, 0.3) is 0 Å². The van der Waals surface area contributed by atoms with Crippen molar-refractivity contribution in [2.24, 2.45) is 5.92 Å². The number of hydrogen-bond donors (Lipinski definition) is 1. The van der Waals surface area contributed by atoms with Crippen LogP contribution in [0.1, 0.15) is 52.4 Å². The van der Waals surface area contributed by atoms with Crippen LogP contribution in [0.4, 0.5) is 0 Å². The van der Waals surface area contributed by atoms with Gasteiger partial charge in [0.05, 0.1) is 0 Å². The molecule has 0 aromatic carbocycles. The summed E-state index contributed by atoms with van der Waals surface area (Å²) in [5.74, 6) is 0.997. The fourth-order valence-electron chi connectivity index (χ4n) is 1.82. The molecule has 0 radical (unpaired) electrons. The second-order valence-corrected chi connectivity index (χ2v) is 4.11. The summed E-state index contributed by atoms with van der Waals surface area (Å²) in [4.78, 5) is 0. The summed E-state index contributed by atoms with van der Waals surface area (Å²) in [6, 6.07) is 0.886. The fourth-order valence-corrected chi connectivity index (χ4v) is 1.82. The van der Waals surface area contributed by atoms with E-state index in [9.17, 15) is 0 Å². The molecule has 2 atom stereocenters. The Labute approximate surface area is 76.9 Å². The van der Waals surface area contributed by atoms with E-state index in [1.54, 1.807) is 0 Å². The molecule has 1 N–H and O–H groups in total. The summed E-state index contributed by atoms with van der Waals surface area (Å²) in [5, 5.41) is 3.39. The van der Waals surface area contributed by atoms with Crippen LogP contribution in [-0.4, -0.2) is 12.6 Å². The van der Waals surface area contributed by atoms with Crippen LogP contribution >= 0.6 is 0 Å². The quantitative estimate of drug-likeness (QED) is 0.459. The molecule has 0 aromatic heterocycles. The highest BCUT2D eigenvalue weighted by Crippen LogP contribution is 2.21. The van der Waals surface area contributed by atoms with E-state index in [1.807, 2.05) is 0 Å². The highest BCUT2D eigenvalue weighted by molar-refractivity contribution is 4.84. The molecule has 1 rings (SSSR count). The first-order valence-corrected chi connectivity index (χ1v) is 5.60. The van der Waals surface area contributed by atoms with Crippen molar-refractivity contribution in [2.75, 3.05) is 6.54 Å². The van der Waals surface area contributed by atoms with E-state index in [0.717, 1.165) is 12.0 Å². The van der Waals surface area contributed by atoms with Gasteiger partial charge >= 0.3 is 0 Å². The van der Waals surface area contributed by atoms with Gasteiger partial charge in [-0.25, -0.2) is 0 Å². The summed E-state index contributed by atoms with van der Waals surface area (Å²) in [6.45, 7) is 5.90. The van der Waals surface area contributed by atoms with Crippen LogP contribution < -0.4 is 5.32 Å². The highest BCUT2D eigenvalue weighted by Gasteiger charge is 2.23. The van der Waals surface area contributed by atoms with Crippen molar-refractivity contribution in [2.45, 2.75) is 58.4 Å². The minimum Gasteiger partial charge on any atom is -0.311 e. The predicted octanol–water partition coefficient (Wildman–Crippen LogP) is 2.95. The molecule has 72 valence electrons. The van der Waals surface area contributed by atoms with Crippen LogP contribution in [0, 0.1) is 5.92 Å². The maximum Gasteiger partial charge on any atom is 0.0195 e. The van der Waals surface area contributed by atoms with Gasteiger partial charge in [0.25, 0.3) is 0 Å². The Balaban J connectivity index is 1.98. The predicted molar refractivity (Wildman–Crippen MR) is 54.3 cm³/mol. The van der Waals surface area contributed by atoms with Crippen molar-refractivity contribution in [3.8, 4) is 0 Å². The summed E-state index contributed by atoms with van der Waals surface area (Å²) < 4.78 is 0. The van der Waals surface area contributed by atoms with E-state index in [1.165, 1.54) is 45.1 Å². The van der Waals surface area contributed by atoms with Crippen LogP contribution in [0.3, 0.4) is 0 Å². The second-order valence-electron chi connectivity index (χ2n) is 4.11. The molecule has 0 spiro atoms. The van der Waals surface area contributed by atoms with Crippen molar-refractivity contribution in [1.82, 2.24) is 5.32 Å². The van der Waals surface area contributed by atoms with Gasteiger partial charge in [-0.1, -0.05) is 46.0 Å². The number of hydrogen-bond acceptors (Lipinski definition) is 1. The Hall–Kier alpha value is -0.0400. The van der Waals surface area contributed by atoms with Crippen molar-refractivity contribution in [3.05, 3.63) is 0 Å². The molecule has 0 saturated carbocycles. The topological polar surface area (TPSA) is 21.9 Å². The molecular weight excluding hydrogens is 146 g/mol. The molecule has 1 aliphatic heterocycles. The zero-order valence-corrected chi connectivity index (χ0v) is 8.60. The first-order chi connectivity index (χ1) is 5.86. The third kappa shape index (κ3) is 4.10. The highest BCUT2D eigenvalue weighted by atomic mass is 15.1. The third-order valence-corrected chi connectivity index (χ3v) is 2.90. The molecule has 1 fully saturated rings. The number of rotatable bonds is 7. The Morgan fingerprint density at radius 3 is 2.58 bits per heavy atom. The van der Waals surface area contributed by atoms with Crippen molar-refractivity contribution in [3.63, 3.8) is 0 Å². The van der Waals surface area contributed by atoms with Crippen LogP contribution in [0.15, 0.2) is 0 Å². The molecule has 0 bridgehead atoms. The van der Waals surface area contributed by atoms with E-state index in [4.69, 9.17) is 0 Å². The van der Waals surface area contributed by atoms with Crippen molar-refractivity contribution >= 4 is 0 Å². The second kappa shape index (κ2) is 5.58. The Kier molecular flexibility index (Phi) is 4.67. The average molecular weight is 169 g/mol. The summed E-state index contributed by atoms with van der Waals surface area (Å²) in [7, 11) is 0. The van der Waals surface area contributed by atoms with Gasteiger partial charge in [0.2, 0.25) is 0 Å². The van der Waals surface area contributed by atoms with Crippen LogP contribution in [-0.2, 0) is 0 Å². The SMILES string of the molecule is CCCCCC(CC)CC1CN1. The fraction of sp³-hybridized carbons (Fsp3) is 1.00. The van der Waals surface area contributed by atoms with Crippen molar-refractivity contribution < 1.29 is 0 Å². The average Bonchev–Trinajstić information content (AvgIpc) is 2.87. The zero-order valence-electron chi connectivity index (χ0n) is 8.60. The Bertz CT molecular complexity index is 108. The Morgan fingerprint density at radius 1 is 1.33 bits per heavy atom. The van der Waals surface area contributed by atoms with Gasteiger partial charge in [-0.15, -0.1) is 0 Å². The van der Waals surface area contributed by atoms with Gasteiger partial charge in [-0.05, 0) is 12.3 Å². The largest absolute Gasteiger partial charge is 0.311 e. The van der Waals surface area contributed by atoms with Crippen LogP contribution in [0.2, 0.25) is 0 Å². The third-order valence-electron chi connectivity index (χ3n) is 2.90. The molecule has 1 saturated heterocycles. The Morgan fingerprint density at radius 2 is 2.08 bits per heavy atom. The van der Waals surface area contributed by atoms with Crippen molar-refractivity contribution in [1.29, 1.82) is 0 Å². The lowest BCUT2D eigenvalue weighted by Gasteiger charge is -2.12. The lowest BCUT2D eigenvalue weighted by Crippen LogP contribution is -2.04. The lowest BCUT2D eigenvalue weighted by atomic mass is 9.94. The molecule has 1 heteroatoms. The number of nitrogens with one attached hydrogen (secondary N) is 1. The standard InChI is InChI=1S/C11H23N/c1-3-5-6-7-10(4-2)8-11-9-12-11/h10-12H,3-9H2,1-2H3. The van der Waals surface area contributed by atoms with E-state index in [-0.39, 0.29) is 0 Å². The van der Waals surface area contributed by atoms with E-state index in [0.29, 0.717) is 0 Å². The molecule has 0 aliphatic carbocycles. The monoisotopic (exact) mass is 169 g/mol. The van der Waals surface area contributed by atoms with E-state index in [2.05, 4.69) is 19.2 Å². The van der Waals surface area contributed by atoms with Gasteiger partial charge in [0.15, 0.2) is 0 Å². The van der Waals surface area contributed by atoms with Gasteiger partial charge in [-0.3, -0.25) is 0 Å². The summed E-state index contributed by atoms with van der Waals surface area (Å²) >= 11 is 0. The first kappa shape index (κ1) is 10.0. The maximum absolute atomic E-state index is 3.39. The van der Waals surface area contributed by atoms with E-state index >= 15 is 0 Å². The molecule has 2 unspecified atom stereocenters. The van der Waals surface area contributed by atoms with Crippen LogP contribution in [0.5, 0.6) is 0 Å².